The molecule has 0 fully saturated rings. The van der Waals surface area contributed by atoms with Crippen LogP contribution in [0, 0.1) is 5.41 Å². The van der Waals surface area contributed by atoms with E-state index in [-0.39, 0.29) is 0 Å². The molecule has 0 aliphatic heterocycles. The van der Waals surface area contributed by atoms with Gasteiger partial charge in [0.1, 0.15) is 0 Å². The van der Waals surface area contributed by atoms with Crippen LogP contribution < -0.4 is 0 Å². The van der Waals surface area contributed by atoms with Crippen LogP contribution in [0.1, 0.15) is 33.1 Å². The summed E-state index contributed by atoms with van der Waals surface area (Å²) in [7, 11) is 0. The van der Waals surface area contributed by atoms with E-state index in [2.05, 4.69) is 45.7 Å². The van der Waals surface area contributed by atoms with Crippen LogP contribution in [0.5, 0.6) is 0 Å². The monoisotopic (exact) mass is 280 g/mol. The van der Waals surface area contributed by atoms with Crippen molar-refractivity contribution >= 4 is 31.9 Å². The van der Waals surface area contributed by atoms with Gasteiger partial charge in [0.15, 0.2) is 0 Å². The van der Waals surface area contributed by atoms with Crippen molar-refractivity contribution in [3.8, 4) is 0 Å². The van der Waals surface area contributed by atoms with Crippen molar-refractivity contribution in [3.05, 3.63) is 10.1 Å². The summed E-state index contributed by atoms with van der Waals surface area (Å²) in [5.74, 6) is 0. The molecule has 0 heterocycles. The van der Waals surface area contributed by atoms with Gasteiger partial charge in [-0.25, -0.2) is 0 Å². The Labute approximate surface area is 85.7 Å². The molecule has 0 bridgehead atoms. The quantitative estimate of drug-likeness (QED) is 0.631. The van der Waals surface area contributed by atoms with Crippen LogP contribution in [0.2, 0.25) is 0 Å². The molecule has 0 radical (unpaired) electrons. The fourth-order valence-corrected chi connectivity index (χ4v) is 3.49. The predicted molar refractivity (Wildman–Crippen MR) is 57.4 cm³/mol. The SMILES string of the molecule is CC1(C)CCC(CBr)=C(Br)C1. The van der Waals surface area contributed by atoms with Crippen LogP contribution in [0.4, 0.5) is 0 Å². The molecule has 2 heteroatoms. The fraction of sp³-hybridized carbons (Fsp3) is 0.778. The summed E-state index contributed by atoms with van der Waals surface area (Å²) in [6, 6.07) is 0. The Morgan fingerprint density at radius 1 is 1.45 bits per heavy atom. The van der Waals surface area contributed by atoms with Crippen molar-refractivity contribution in [2.45, 2.75) is 33.1 Å². The maximum absolute atomic E-state index is 3.64. The van der Waals surface area contributed by atoms with Crippen LogP contribution in [-0.4, -0.2) is 5.33 Å². The molecule has 11 heavy (non-hydrogen) atoms. The summed E-state index contributed by atoms with van der Waals surface area (Å²) < 4.78 is 1.42. The lowest BCUT2D eigenvalue weighted by molar-refractivity contribution is 0.323. The Hall–Kier alpha value is 0.700. The average Bonchev–Trinajstić information content (AvgIpc) is 1.86. The minimum atomic E-state index is 0.504. The van der Waals surface area contributed by atoms with Crippen LogP contribution in [-0.2, 0) is 0 Å². The Bertz CT molecular complexity index is 180. The molecular formula is C9H14Br2. The van der Waals surface area contributed by atoms with E-state index >= 15 is 0 Å². The molecule has 1 rings (SSSR count). The van der Waals surface area contributed by atoms with Gasteiger partial charge in [-0.15, -0.1) is 0 Å². The minimum absolute atomic E-state index is 0.504. The number of allylic oxidation sites excluding steroid dienone is 2. The number of rotatable bonds is 1. The normalized spacial score (nSPS) is 24.0. The first kappa shape index (κ1) is 9.79. The van der Waals surface area contributed by atoms with Gasteiger partial charge in [0.2, 0.25) is 0 Å². The second kappa shape index (κ2) is 3.61. The molecule has 0 saturated carbocycles. The molecule has 0 aromatic carbocycles. The van der Waals surface area contributed by atoms with Crippen molar-refractivity contribution in [1.29, 1.82) is 0 Å². The number of alkyl halides is 1. The highest BCUT2D eigenvalue weighted by Gasteiger charge is 2.25. The Balaban J connectivity index is 2.71. The van der Waals surface area contributed by atoms with Crippen molar-refractivity contribution in [2.24, 2.45) is 5.41 Å². The highest BCUT2D eigenvalue weighted by molar-refractivity contribution is 9.12. The van der Waals surface area contributed by atoms with E-state index < -0.39 is 0 Å². The molecule has 1 aliphatic rings. The Morgan fingerprint density at radius 3 is 2.55 bits per heavy atom. The zero-order chi connectivity index (χ0) is 8.48. The lowest BCUT2D eigenvalue weighted by atomic mass is 9.79. The van der Waals surface area contributed by atoms with Crippen molar-refractivity contribution in [1.82, 2.24) is 0 Å². The third-order valence-electron chi connectivity index (χ3n) is 2.28. The van der Waals surface area contributed by atoms with Gasteiger partial charge >= 0.3 is 0 Å². The molecule has 0 unspecified atom stereocenters. The summed E-state index contributed by atoms with van der Waals surface area (Å²) in [4.78, 5) is 0. The molecule has 0 aromatic rings. The first-order chi connectivity index (χ1) is 5.05. The first-order valence-electron chi connectivity index (χ1n) is 3.97. The summed E-state index contributed by atoms with van der Waals surface area (Å²) >= 11 is 7.14. The van der Waals surface area contributed by atoms with Gasteiger partial charge in [0.05, 0.1) is 0 Å². The van der Waals surface area contributed by atoms with Crippen LogP contribution in [0.15, 0.2) is 10.1 Å². The highest BCUT2D eigenvalue weighted by Crippen LogP contribution is 2.41. The van der Waals surface area contributed by atoms with Gasteiger partial charge in [0.25, 0.3) is 0 Å². The van der Waals surface area contributed by atoms with E-state index in [0.29, 0.717) is 5.41 Å². The van der Waals surface area contributed by atoms with Crippen molar-refractivity contribution in [3.63, 3.8) is 0 Å². The van der Waals surface area contributed by atoms with Gasteiger partial charge in [-0.1, -0.05) is 45.7 Å². The summed E-state index contributed by atoms with van der Waals surface area (Å²) in [6.07, 6.45) is 3.77. The predicted octanol–water partition coefficient (Wildman–Crippen LogP) is 4.24. The van der Waals surface area contributed by atoms with E-state index in [4.69, 9.17) is 0 Å². The largest absolute Gasteiger partial charge is 0.0880 e. The molecule has 0 amide bonds. The molecule has 0 spiro atoms. The molecular weight excluding hydrogens is 268 g/mol. The topological polar surface area (TPSA) is 0 Å². The lowest BCUT2D eigenvalue weighted by Gasteiger charge is -2.30. The molecule has 0 atom stereocenters. The summed E-state index contributed by atoms with van der Waals surface area (Å²) in [6.45, 7) is 4.67. The van der Waals surface area contributed by atoms with Gasteiger partial charge in [-0.3, -0.25) is 0 Å². The van der Waals surface area contributed by atoms with Crippen LogP contribution in [0.25, 0.3) is 0 Å². The summed E-state index contributed by atoms with van der Waals surface area (Å²) in [5.41, 5.74) is 2.05. The molecule has 0 N–H and O–H groups in total. The first-order valence-corrected chi connectivity index (χ1v) is 5.89. The molecule has 0 saturated heterocycles. The van der Waals surface area contributed by atoms with Gasteiger partial charge in [-0.2, -0.15) is 0 Å². The zero-order valence-corrected chi connectivity index (χ0v) is 10.3. The van der Waals surface area contributed by atoms with E-state index in [1.807, 2.05) is 0 Å². The zero-order valence-electron chi connectivity index (χ0n) is 7.08. The minimum Gasteiger partial charge on any atom is -0.0880 e. The standard InChI is InChI=1S/C9H14Br2/c1-9(2)4-3-7(6-10)8(11)5-9/h3-6H2,1-2H3. The third-order valence-corrected chi connectivity index (χ3v) is 3.80. The number of halogens is 2. The Kier molecular flexibility index (Phi) is 3.21. The fourth-order valence-electron chi connectivity index (χ4n) is 1.40. The van der Waals surface area contributed by atoms with Crippen LogP contribution >= 0.6 is 31.9 Å². The maximum atomic E-state index is 3.64. The molecule has 0 nitrogen and oxygen atoms in total. The average molecular weight is 282 g/mol. The number of hydrogen-bond acceptors (Lipinski definition) is 0. The third kappa shape index (κ3) is 2.59. The number of hydrogen-bond donors (Lipinski definition) is 0. The smallest absolute Gasteiger partial charge is 0.0252 e. The van der Waals surface area contributed by atoms with Crippen LogP contribution in [0.3, 0.4) is 0 Å². The maximum Gasteiger partial charge on any atom is 0.0252 e. The van der Waals surface area contributed by atoms with E-state index in [1.54, 1.807) is 5.57 Å². The van der Waals surface area contributed by atoms with Gasteiger partial charge < -0.3 is 0 Å². The van der Waals surface area contributed by atoms with Gasteiger partial charge in [-0.05, 0) is 34.7 Å². The van der Waals surface area contributed by atoms with Gasteiger partial charge in [0, 0.05) is 5.33 Å². The summed E-state index contributed by atoms with van der Waals surface area (Å²) in [5, 5.41) is 1.03. The second-order valence-electron chi connectivity index (χ2n) is 3.98. The van der Waals surface area contributed by atoms with E-state index in [1.165, 1.54) is 23.7 Å². The molecule has 1 aliphatic carbocycles. The second-order valence-corrected chi connectivity index (χ2v) is 5.50. The molecule has 0 aromatic heterocycles. The molecule has 64 valence electrons. The van der Waals surface area contributed by atoms with Crippen molar-refractivity contribution < 1.29 is 0 Å². The van der Waals surface area contributed by atoms with E-state index in [9.17, 15) is 0 Å². The van der Waals surface area contributed by atoms with E-state index in [0.717, 1.165) is 5.33 Å². The highest BCUT2D eigenvalue weighted by atomic mass is 79.9. The Morgan fingerprint density at radius 2 is 2.09 bits per heavy atom. The lowest BCUT2D eigenvalue weighted by Crippen LogP contribution is -2.16. The van der Waals surface area contributed by atoms with Crippen molar-refractivity contribution in [2.75, 3.05) is 5.33 Å².